The van der Waals surface area contributed by atoms with Crippen LogP contribution >= 0.6 is 0 Å². The van der Waals surface area contributed by atoms with Crippen LogP contribution < -0.4 is 5.32 Å². The van der Waals surface area contributed by atoms with Gasteiger partial charge in [0.05, 0.1) is 5.69 Å². The summed E-state index contributed by atoms with van der Waals surface area (Å²) in [4.78, 5) is 22.9. The number of hydrogen-bond acceptors (Lipinski definition) is 5. The van der Waals surface area contributed by atoms with Crippen molar-refractivity contribution < 1.29 is 24.5 Å². The van der Waals surface area contributed by atoms with Gasteiger partial charge in [-0.1, -0.05) is 0 Å². The highest BCUT2D eigenvalue weighted by Crippen LogP contribution is 2.31. The van der Waals surface area contributed by atoms with Crippen LogP contribution in [0.2, 0.25) is 0 Å². The second-order valence-corrected chi connectivity index (χ2v) is 6.20. The fourth-order valence-corrected chi connectivity index (χ4v) is 2.04. The second kappa shape index (κ2) is 6.23. The van der Waals surface area contributed by atoms with Gasteiger partial charge in [0, 0.05) is 18.3 Å². The van der Waals surface area contributed by atoms with Gasteiger partial charge in [0.1, 0.15) is 17.0 Å². The smallest absolute Gasteiger partial charge is 0.412 e. The molecule has 0 unspecified atom stereocenters. The molecule has 128 valence electrons. The van der Waals surface area contributed by atoms with E-state index in [4.69, 9.17) is 9.84 Å². The summed E-state index contributed by atoms with van der Waals surface area (Å²) in [5.74, 6) is -1.21. The molecule has 0 fully saturated rings. The third-order valence-corrected chi connectivity index (χ3v) is 3.02. The molecule has 0 aliphatic carbocycles. The van der Waals surface area contributed by atoms with Crippen LogP contribution in [0.15, 0.2) is 24.3 Å². The first-order valence-electron chi connectivity index (χ1n) is 7.17. The third-order valence-electron chi connectivity index (χ3n) is 3.02. The monoisotopic (exact) mass is 333 g/mol. The van der Waals surface area contributed by atoms with Crippen molar-refractivity contribution >= 4 is 17.7 Å². The minimum atomic E-state index is -1.13. The van der Waals surface area contributed by atoms with Gasteiger partial charge in [-0.15, -0.1) is 0 Å². The third kappa shape index (κ3) is 4.03. The molecule has 2 aromatic rings. The summed E-state index contributed by atoms with van der Waals surface area (Å²) in [6.07, 6.45) is -0.633. The van der Waals surface area contributed by atoms with Gasteiger partial charge >= 0.3 is 12.1 Å². The number of amides is 1. The Kier molecular flexibility index (Phi) is 4.50. The molecule has 1 aromatic carbocycles. The number of carbonyl (C=O) groups excluding carboxylic acids is 1. The highest BCUT2D eigenvalue weighted by molar-refractivity contribution is 5.89. The number of phenolic OH excluding ortho intramolecular Hbond substituents is 1. The number of aromatic nitrogens is 2. The van der Waals surface area contributed by atoms with E-state index in [0.29, 0.717) is 11.3 Å². The number of rotatable bonds is 3. The van der Waals surface area contributed by atoms with E-state index in [1.54, 1.807) is 20.8 Å². The highest BCUT2D eigenvalue weighted by atomic mass is 16.6. The number of anilines is 1. The van der Waals surface area contributed by atoms with E-state index in [2.05, 4.69) is 10.4 Å². The van der Waals surface area contributed by atoms with Crippen molar-refractivity contribution in [2.75, 3.05) is 5.32 Å². The van der Waals surface area contributed by atoms with Crippen LogP contribution in [-0.2, 0) is 11.8 Å². The van der Waals surface area contributed by atoms with Crippen molar-refractivity contribution in [3.05, 3.63) is 30.0 Å². The zero-order chi connectivity index (χ0) is 18.1. The molecule has 0 aliphatic heterocycles. The van der Waals surface area contributed by atoms with E-state index < -0.39 is 17.7 Å². The lowest BCUT2D eigenvalue weighted by Crippen LogP contribution is -2.27. The Morgan fingerprint density at radius 3 is 2.46 bits per heavy atom. The van der Waals surface area contributed by atoms with Crippen molar-refractivity contribution in [1.29, 1.82) is 0 Å². The lowest BCUT2D eigenvalue weighted by molar-refractivity contribution is 0.0633. The first kappa shape index (κ1) is 17.3. The van der Waals surface area contributed by atoms with Crippen molar-refractivity contribution in [1.82, 2.24) is 9.78 Å². The summed E-state index contributed by atoms with van der Waals surface area (Å²) in [7, 11) is 1.49. The van der Waals surface area contributed by atoms with Crippen LogP contribution in [0.3, 0.4) is 0 Å². The standard InChI is InChI=1S/C16H19N3O5/c1-16(2,3)24-15(23)17-9-5-6-13(20)10(7-9)11-8-12(14(21)22)19(4)18-11/h5-8,20H,1-4H3,(H,17,23)(H,21,22). The summed E-state index contributed by atoms with van der Waals surface area (Å²) >= 11 is 0. The molecule has 1 amide bonds. The second-order valence-electron chi connectivity index (χ2n) is 6.20. The molecule has 0 saturated carbocycles. The van der Waals surface area contributed by atoms with Gasteiger partial charge in [-0.05, 0) is 45.0 Å². The molecule has 0 aliphatic rings. The van der Waals surface area contributed by atoms with Crippen LogP contribution in [0.1, 0.15) is 31.3 Å². The van der Waals surface area contributed by atoms with E-state index in [1.807, 2.05) is 0 Å². The van der Waals surface area contributed by atoms with Crippen LogP contribution in [0.25, 0.3) is 11.3 Å². The van der Waals surface area contributed by atoms with E-state index in [9.17, 15) is 14.7 Å². The number of phenols is 1. The van der Waals surface area contributed by atoms with Crippen LogP contribution in [0.5, 0.6) is 5.75 Å². The number of carboxylic acid groups (broad SMARTS) is 1. The topological polar surface area (TPSA) is 114 Å². The average molecular weight is 333 g/mol. The van der Waals surface area contributed by atoms with Crippen molar-refractivity contribution in [2.45, 2.75) is 26.4 Å². The van der Waals surface area contributed by atoms with Gasteiger partial charge in [0.15, 0.2) is 0 Å². The molecule has 0 bridgehead atoms. The summed E-state index contributed by atoms with van der Waals surface area (Å²) < 4.78 is 6.36. The van der Waals surface area contributed by atoms with Crippen LogP contribution in [0.4, 0.5) is 10.5 Å². The minimum Gasteiger partial charge on any atom is -0.507 e. The van der Waals surface area contributed by atoms with Crippen LogP contribution in [-0.4, -0.2) is 37.7 Å². The molecule has 0 saturated heterocycles. The summed E-state index contributed by atoms with van der Waals surface area (Å²) in [6, 6.07) is 5.73. The van der Waals surface area contributed by atoms with Crippen molar-refractivity contribution in [2.24, 2.45) is 7.05 Å². The van der Waals surface area contributed by atoms with Crippen molar-refractivity contribution in [3.8, 4) is 17.0 Å². The molecule has 1 heterocycles. The Bertz CT molecular complexity index is 789. The number of ether oxygens (including phenoxy) is 1. The molecule has 3 N–H and O–H groups in total. The van der Waals surface area contributed by atoms with E-state index >= 15 is 0 Å². The number of aryl methyl sites for hydroxylation is 1. The Balaban J connectivity index is 2.31. The molecule has 0 radical (unpaired) electrons. The Hall–Kier alpha value is -3.03. The number of nitrogens with zero attached hydrogens (tertiary/aromatic N) is 2. The SMILES string of the molecule is Cn1nc(-c2cc(NC(=O)OC(C)(C)C)ccc2O)cc1C(=O)O. The number of benzene rings is 1. The molecular formula is C16H19N3O5. The Morgan fingerprint density at radius 1 is 1.25 bits per heavy atom. The molecule has 8 nitrogen and oxygen atoms in total. The Labute approximate surface area is 138 Å². The normalized spacial score (nSPS) is 11.2. The Morgan fingerprint density at radius 2 is 1.92 bits per heavy atom. The van der Waals surface area contributed by atoms with Gasteiger partial charge < -0.3 is 14.9 Å². The van der Waals surface area contributed by atoms with Gasteiger partial charge in [0.2, 0.25) is 0 Å². The van der Waals surface area contributed by atoms with E-state index in [-0.39, 0.29) is 17.1 Å². The fourth-order valence-electron chi connectivity index (χ4n) is 2.04. The van der Waals surface area contributed by atoms with Crippen molar-refractivity contribution in [3.63, 3.8) is 0 Å². The maximum Gasteiger partial charge on any atom is 0.412 e. The first-order chi connectivity index (χ1) is 11.1. The quantitative estimate of drug-likeness (QED) is 0.744. The summed E-state index contributed by atoms with van der Waals surface area (Å²) in [5, 5.41) is 25.7. The molecule has 1 aromatic heterocycles. The summed E-state index contributed by atoms with van der Waals surface area (Å²) in [6.45, 7) is 5.24. The molecule has 2 rings (SSSR count). The van der Waals surface area contributed by atoms with E-state index in [0.717, 1.165) is 0 Å². The summed E-state index contributed by atoms with van der Waals surface area (Å²) in [5.41, 5.74) is 0.308. The number of nitrogens with one attached hydrogen (secondary N) is 1. The maximum atomic E-state index is 11.8. The number of aromatic hydroxyl groups is 1. The maximum absolute atomic E-state index is 11.8. The molecule has 8 heteroatoms. The average Bonchev–Trinajstić information content (AvgIpc) is 2.81. The number of hydrogen-bond donors (Lipinski definition) is 3. The van der Waals surface area contributed by atoms with Gasteiger partial charge in [-0.25, -0.2) is 9.59 Å². The number of carboxylic acids is 1. The lowest BCUT2D eigenvalue weighted by atomic mass is 10.1. The predicted octanol–water partition coefficient (Wildman–Crippen LogP) is 2.84. The zero-order valence-electron chi connectivity index (χ0n) is 13.8. The number of aromatic carboxylic acids is 1. The van der Waals surface area contributed by atoms with Gasteiger partial charge in [-0.2, -0.15) is 5.10 Å². The fraction of sp³-hybridized carbons (Fsp3) is 0.312. The molecular weight excluding hydrogens is 314 g/mol. The number of carbonyl (C=O) groups is 2. The first-order valence-corrected chi connectivity index (χ1v) is 7.17. The molecule has 0 atom stereocenters. The van der Waals surface area contributed by atoms with Gasteiger partial charge in [-0.3, -0.25) is 10.00 Å². The van der Waals surface area contributed by atoms with E-state index in [1.165, 1.54) is 36.0 Å². The molecule has 0 spiro atoms. The minimum absolute atomic E-state index is 0.0186. The lowest BCUT2D eigenvalue weighted by Gasteiger charge is -2.19. The van der Waals surface area contributed by atoms with Crippen LogP contribution in [0, 0.1) is 0 Å². The highest BCUT2D eigenvalue weighted by Gasteiger charge is 2.18. The largest absolute Gasteiger partial charge is 0.507 e. The molecule has 24 heavy (non-hydrogen) atoms. The predicted molar refractivity (Wildman–Crippen MR) is 87.1 cm³/mol. The zero-order valence-corrected chi connectivity index (χ0v) is 13.8. The van der Waals surface area contributed by atoms with Gasteiger partial charge in [0.25, 0.3) is 0 Å².